The first-order valence-corrected chi connectivity index (χ1v) is 6.18. The van der Waals surface area contributed by atoms with Crippen LogP contribution in [0.5, 0.6) is 0 Å². The maximum absolute atomic E-state index is 10.5. The third-order valence-electron chi connectivity index (χ3n) is 1.77. The molecular weight excluding hydrogens is 804 g/mol. The fraction of sp³-hybridized carbons (Fsp3) is 0.571. The Bertz CT molecular complexity index is 443. The fourth-order valence-corrected chi connectivity index (χ4v) is 1.04. The minimum atomic E-state index is -0.630. The van der Waals surface area contributed by atoms with Gasteiger partial charge in [0, 0.05) is 52.6 Å². The van der Waals surface area contributed by atoms with Crippen molar-refractivity contribution in [3.8, 4) is 0 Å². The first-order chi connectivity index (χ1) is 8.72. The molecule has 8 heteroatoms. The summed E-state index contributed by atoms with van der Waals surface area (Å²) in [6.45, 7) is 12.5. The van der Waals surface area contributed by atoms with Crippen LogP contribution in [0.1, 0.15) is 46.1 Å². The molecule has 0 aliphatic heterocycles. The summed E-state index contributed by atoms with van der Waals surface area (Å²) in [6, 6.07) is 0. The van der Waals surface area contributed by atoms with Crippen molar-refractivity contribution >= 4 is 5.97 Å². The molecule has 0 atom stereocenters. The van der Waals surface area contributed by atoms with Gasteiger partial charge in [-0.2, -0.15) is 13.0 Å². The zero-order valence-corrected chi connectivity index (χ0v) is 24.5. The molecule has 0 aliphatic rings. The fourth-order valence-electron chi connectivity index (χ4n) is 1.04. The molecule has 0 bridgehead atoms. The summed E-state index contributed by atoms with van der Waals surface area (Å²) in [5.74, 6) is 0.884. The minimum absolute atomic E-state index is 0. The summed E-state index contributed by atoms with van der Waals surface area (Å²) in [4.78, 5) is 20.6. The molecule has 0 saturated carbocycles. The molecule has 22 heavy (non-hydrogen) atoms. The van der Waals surface area contributed by atoms with Crippen molar-refractivity contribution in [3.05, 3.63) is 35.2 Å². The second-order valence-electron chi connectivity index (χ2n) is 4.77. The number of hydrogen-bond donors (Lipinski definition) is 0. The Morgan fingerprint density at radius 2 is 1.64 bits per heavy atom. The topological polar surface area (TPSA) is 69.7 Å². The van der Waals surface area contributed by atoms with Crippen LogP contribution in [-0.2, 0) is 49.4 Å². The Balaban J connectivity index is -0.000000135. The van der Waals surface area contributed by atoms with Gasteiger partial charge in [-0.25, -0.2) is 4.79 Å². The first-order valence-electron chi connectivity index (χ1n) is 6.18. The van der Waals surface area contributed by atoms with E-state index in [1.165, 1.54) is 13.5 Å². The predicted octanol–water partition coefficient (Wildman–Crippen LogP) is 3.11. The smallest absolute Gasteiger partial charge is 0.498 e. The van der Waals surface area contributed by atoms with Crippen LogP contribution in [0.4, 0.5) is 0 Å². The van der Waals surface area contributed by atoms with Crippen molar-refractivity contribution in [2.45, 2.75) is 41.5 Å². The molecule has 0 aromatic carbocycles. The van der Waals surface area contributed by atoms with Gasteiger partial charge in [0.25, 0.3) is 5.97 Å². The summed E-state index contributed by atoms with van der Waals surface area (Å²) in [5.41, 5.74) is 0. The number of esters is 1. The predicted molar refractivity (Wildman–Crippen MR) is 71.1 cm³/mol. The van der Waals surface area contributed by atoms with Crippen LogP contribution in [0.15, 0.2) is 13.6 Å². The van der Waals surface area contributed by atoms with E-state index < -0.39 is 5.82 Å². The van der Waals surface area contributed by atoms with E-state index in [2.05, 4.69) is 9.15 Å². The van der Waals surface area contributed by atoms with E-state index in [0.29, 0.717) is 23.4 Å². The Morgan fingerprint density at radius 1 is 1.14 bits per heavy atom. The maximum atomic E-state index is 10.5. The zero-order valence-electron chi connectivity index (χ0n) is 13.8. The third-order valence-corrected chi connectivity index (χ3v) is 1.77. The van der Waals surface area contributed by atoms with Crippen LogP contribution in [0.3, 0.4) is 0 Å². The monoisotopic (exact) mass is 827 g/mol. The molecule has 0 unspecified atom stereocenters. The Kier molecular flexibility index (Phi) is 19.0. The Morgan fingerprint density at radius 3 is 1.86 bits per heavy atom. The average Bonchev–Trinajstić information content (AvgIpc) is 2.54. The van der Waals surface area contributed by atoms with Crippen molar-refractivity contribution in [1.29, 1.82) is 0 Å². The summed E-state index contributed by atoms with van der Waals surface area (Å²) in [6.07, 6.45) is 1.85. The largest absolute Gasteiger partial charge is 0.637 e. The van der Waals surface area contributed by atoms with Crippen molar-refractivity contribution in [3.63, 3.8) is 0 Å². The maximum Gasteiger partial charge on any atom is 0.498 e. The molecular formula is C14H22O5ReRfRh-2. The van der Waals surface area contributed by atoms with Gasteiger partial charge >= 0.3 is 5.82 Å². The molecule has 0 aliphatic carbocycles. The van der Waals surface area contributed by atoms with E-state index >= 15 is 0 Å². The molecule has 0 amide bonds. The molecule has 1 aromatic heterocycles. The van der Waals surface area contributed by atoms with Gasteiger partial charge in [-0.15, -0.1) is 5.92 Å². The molecule has 1 rings (SSSR count). The first kappa shape index (κ1) is 28.7. The Hall–Kier alpha value is -1.36. The quantitative estimate of drug-likeness (QED) is 0.266. The number of aryl methyl sites for hydroxylation is 1. The minimum Gasteiger partial charge on any atom is -0.637 e. The number of hydrogen-bond acceptors (Lipinski definition) is 5. The van der Waals surface area contributed by atoms with Gasteiger partial charge in [0.2, 0.25) is 0 Å². The summed E-state index contributed by atoms with van der Waals surface area (Å²) in [5, 5.41) is 0. The van der Waals surface area contributed by atoms with Crippen LogP contribution in [0.25, 0.3) is 0 Å². The van der Waals surface area contributed by atoms with E-state index in [4.69, 9.17) is 4.42 Å². The number of ether oxygens (including phenoxy) is 1. The zero-order chi connectivity index (χ0) is 15.0. The molecule has 0 N–H and O–H groups in total. The molecule has 2 radical (unpaired) electrons. The van der Waals surface area contributed by atoms with Crippen molar-refractivity contribution in [2.75, 3.05) is 0 Å². The molecule has 0 fully saturated rings. The van der Waals surface area contributed by atoms with Crippen LogP contribution < -0.4 is 5.82 Å². The van der Waals surface area contributed by atoms with Crippen molar-refractivity contribution < 1.29 is 58.3 Å². The van der Waals surface area contributed by atoms with Crippen LogP contribution in [0, 0.1) is 31.8 Å². The number of rotatable bonds is 4. The van der Waals surface area contributed by atoms with Gasteiger partial charge in [0.05, 0.1) is 0 Å². The third kappa shape index (κ3) is 15.0. The van der Waals surface area contributed by atoms with E-state index in [9.17, 15) is 9.59 Å². The second-order valence-corrected chi connectivity index (χ2v) is 4.77. The van der Waals surface area contributed by atoms with Gasteiger partial charge in [-0.05, 0) is 5.76 Å². The Labute approximate surface area is 152 Å². The standard InChI is InChI=1S/C8H11O3.C6H11O2.Re.Rf.Rh/c1-5(2)4-7-6(3)10-8(9)11-7;1-5(2)4-8-6(3)7;;;/h4-5H,1-3H3;4-5H,1-3H3;;;/q2*-1;;;. The molecule has 128 valence electrons. The summed E-state index contributed by atoms with van der Waals surface area (Å²) >= 11 is 0. The molecule has 0 saturated heterocycles. The number of carbonyl (C=O) groups is 1. The number of carbonyl (C=O) groups excluding carboxylic acids is 1. The summed E-state index contributed by atoms with van der Waals surface area (Å²) < 4.78 is 13.9. The average molecular weight is 826 g/mol. The van der Waals surface area contributed by atoms with Gasteiger partial charge in [0.15, 0.2) is 0 Å². The normalized spacial score (nSPS) is 8.73. The van der Waals surface area contributed by atoms with E-state index in [1.807, 2.05) is 34.1 Å². The second kappa shape index (κ2) is 14.6. The van der Waals surface area contributed by atoms with E-state index in [1.54, 1.807) is 6.92 Å². The van der Waals surface area contributed by atoms with Gasteiger partial charge < -0.3 is 13.6 Å². The van der Waals surface area contributed by atoms with Crippen LogP contribution >= 0.6 is 0 Å². The van der Waals surface area contributed by atoms with Gasteiger partial charge in [-0.3, -0.25) is 4.79 Å². The van der Waals surface area contributed by atoms with E-state index in [-0.39, 0.29) is 45.9 Å². The van der Waals surface area contributed by atoms with Gasteiger partial charge in [-0.1, -0.05) is 40.5 Å². The molecule has 0 spiro atoms. The van der Waals surface area contributed by atoms with Crippen molar-refractivity contribution in [1.82, 2.24) is 0 Å². The molecule has 5 nitrogen and oxygen atoms in total. The SMILES string of the molecule is CC(=O)O[CH-]C(C)C.Cc1oc(=O)oc1[CH-]C(C)C.[Re].[Rf].[Rh]. The molecule has 1 aromatic rings. The van der Waals surface area contributed by atoms with Crippen LogP contribution in [-0.4, -0.2) is 5.97 Å². The van der Waals surface area contributed by atoms with Crippen molar-refractivity contribution in [2.24, 2.45) is 11.8 Å². The van der Waals surface area contributed by atoms with Crippen LogP contribution in [0.2, 0.25) is 0 Å². The molecule has 1 heterocycles. The van der Waals surface area contributed by atoms with E-state index in [0.717, 1.165) is 0 Å². The van der Waals surface area contributed by atoms with Gasteiger partial charge in [0.1, 0.15) is 0 Å². The summed E-state index contributed by atoms with van der Waals surface area (Å²) in [7, 11) is 0.